The molecule has 2 aliphatic rings. The van der Waals surface area contributed by atoms with Crippen molar-refractivity contribution >= 4 is 28.9 Å². The van der Waals surface area contributed by atoms with Crippen molar-refractivity contribution in [3.63, 3.8) is 0 Å². The summed E-state index contributed by atoms with van der Waals surface area (Å²) in [4.78, 5) is 7.68. The number of hydrogen-bond acceptors (Lipinski definition) is 3. The molecule has 5 heteroatoms. The summed E-state index contributed by atoms with van der Waals surface area (Å²) in [5.41, 5.74) is 2.59. The summed E-state index contributed by atoms with van der Waals surface area (Å²) < 4.78 is 0. The van der Waals surface area contributed by atoms with E-state index in [1.165, 1.54) is 17.7 Å². The summed E-state index contributed by atoms with van der Waals surface area (Å²) in [5.74, 6) is 0. The monoisotopic (exact) mass is 389 g/mol. The third-order valence-electron chi connectivity index (χ3n) is 5.58. The zero-order valence-electron chi connectivity index (χ0n) is 15.0. The first-order valence-corrected chi connectivity index (χ1v) is 10.1. The molecule has 2 aliphatic heterocycles. The van der Waals surface area contributed by atoms with Gasteiger partial charge in [-0.1, -0.05) is 41.4 Å². The van der Waals surface area contributed by atoms with Gasteiger partial charge in [0.2, 0.25) is 0 Å². The fourth-order valence-electron chi connectivity index (χ4n) is 4.08. The van der Waals surface area contributed by atoms with Crippen LogP contribution in [0.25, 0.3) is 0 Å². The normalized spacial score (nSPS) is 22.1. The first-order chi connectivity index (χ1) is 12.7. The average Bonchev–Trinajstić information content (AvgIpc) is 3.14. The van der Waals surface area contributed by atoms with Gasteiger partial charge in [0.25, 0.3) is 0 Å². The summed E-state index contributed by atoms with van der Waals surface area (Å²) in [6.07, 6.45) is 1.24. The third kappa shape index (κ3) is 4.34. The molecular weight excluding hydrogens is 365 g/mol. The van der Waals surface area contributed by atoms with E-state index in [0.717, 1.165) is 55.9 Å². The highest BCUT2D eigenvalue weighted by molar-refractivity contribution is 6.31. The Morgan fingerprint density at radius 3 is 2.35 bits per heavy atom. The highest BCUT2D eigenvalue weighted by atomic mass is 35.5. The molecule has 2 saturated heterocycles. The Kier molecular flexibility index (Phi) is 5.70. The predicted molar refractivity (Wildman–Crippen MR) is 110 cm³/mol. The number of anilines is 1. The highest BCUT2D eigenvalue weighted by Gasteiger charge is 2.30. The standard InChI is InChI=1S/C21H25Cl2N3/c22-18-6-4-17(5-7-18)15-24-10-12-25(13-11-24)21-8-9-26(16-21)20-3-1-2-19(23)14-20/h1-7,14,21H,8-13,15-16H2/t21-/m0/s1. The van der Waals surface area contributed by atoms with Crippen LogP contribution in [0.5, 0.6) is 0 Å². The molecule has 2 fully saturated rings. The molecule has 0 aliphatic carbocycles. The molecule has 2 aromatic carbocycles. The lowest BCUT2D eigenvalue weighted by Crippen LogP contribution is -2.50. The van der Waals surface area contributed by atoms with E-state index in [2.05, 4.69) is 39.0 Å². The van der Waals surface area contributed by atoms with Crippen LogP contribution in [0.1, 0.15) is 12.0 Å². The molecule has 2 aromatic rings. The van der Waals surface area contributed by atoms with Crippen LogP contribution in [0, 0.1) is 0 Å². The van der Waals surface area contributed by atoms with Crippen LogP contribution in [0.3, 0.4) is 0 Å². The topological polar surface area (TPSA) is 9.72 Å². The van der Waals surface area contributed by atoms with E-state index in [1.54, 1.807) is 0 Å². The number of piperazine rings is 1. The summed E-state index contributed by atoms with van der Waals surface area (Å²) in [6.45, 7) is 7.83. The maximum atomic E-state index is 6.15. The van der Waals surface area contributed by atoms with E-state index in [9.17, 15) is 0 Å². The fraction of sp³-hybridized carbons (Fsp3) is 0.429. The summed E-state index contributed by atoms with van der Waals surface area (Å²) in [7, 11) is 0. The Morgan fingerprint density at radius 1 is 0.846 bits per heavy atom. The Labute approximate surface area is 166 Å². The highest BCUT2D eigenvalue weighted by Crippen LogP contribution is 2.26. The van der Waals surface area contributed by atoms with Gasteiger partial charge >= 0.3 is 0 Å². The summed E-state index contributed by atoms with van der Waals surface area (Å²) in [5, 5.41) is 1.63. The molecule has 1 atom stereocenters. The van der Waals surface area contributed by atoms with Crippen molar-refractivity contribution < 1.29 is 0 Å². The lowest BCUT2D eigenvalue weighted by molar-refractivity contribution is 0.0987. The number of halogens is 2. The molecule has 0 amide bonds. The minimum absolute atomic E-state index is 0.659. The number of nitrogens with zero attached hydrogens (tertiary/aromatic N) is 3. The molecular formula is C21H25Cl2N3. The SMILES string of the molecule is Clc1ccc(CN2CCN([C@H]3CCN(c4cccc(Cl)c4)C3)CC2)cc1. The van der Waals surface area contributed by atoms with Crippen molar-refractivity contribution in [2.45, 2.75) is 19.0 Å². The maximum Gasteiger partial charge on any atom is 0.0426 e. The smallest absolute Gasteiger partial charge is 0.0426 e. The number of benzene rings is 2. The van der Waals surface area contributed by atoms with Crippen LogP contribution >= 0.6 is 23.2 Å². The Bertz CT molecular complexity index is 726. The molecule has 0 saturated carbocycles. The first kappa shape index (κ1) is 18.1. The van der Waals surface area contributed by atoms with Crippen LogP contribution in [0.4, 0.5) is 5.69 Å². The van der Waals surface area contributed by atoms with Crippen molar-refractivity contribution in [3.05, 3.63) is 64.1 Å². The molecule has 3 nitrogen and oxygen atoms in total. The number of rotatable bonds is 4. The molecule has 138 valence electrons. The van der Waals surface area contributed by atoms with Gasteiger partial charge < -0.3 is 4.90 Å². The van der Waals surface area contributed by atoms with Gasteiger partial charge in [0, 0.05) is 67.6 Å². The third-order valence-corrected chi connectivity index (χ3v) is 6.07. The fourth-order valence-corrected chi connectivity index (χ4v) is 4.39. The quantitative estimate of drug-likeness (QED) is 0.767. The molecule has 26 heavy (non-hydrogen) atoms. The second-order valence-corrected chi connectivity index (χ2v) is 8.18. The zero-order valence-corrected chi connectivity index (χ0v) is 16.5. The van der Waals surface area contributed by atoms with Crippen LogP contribution in [0.15, 0.2) is 48.5 Å². The first-order valence-electron chi connectivity index (χ1n) is 9.39. The Morgan fingerprint density at radius 2 is 1.62 bits per heavy atom. The van der Waals surface area contributed by atoms with E-state index in [-0.39, 0.29) is 0 Å². The maximum absolute atomic E-state index is 6.15. The molecule has 0 aromatic heterocycles. The second-order valence-electron chi connectivity index (χ2n) is 7.31. The molecule has 0 spiro atoms. The van der Waals surface area contributed by atoms with Gasteiger partial charge in [0.05, 0.1) is 0 Å². The lowest BCUT2D eigenvalue weighted by Gasteiger charge is -2.38. The molecule has 0 bridgehead atoms. The Balaban J connectivity index is 1.28. The van der Waals surface area contributed by atoms with Crippen LogP contribution < -0.4 is 4.90 Å². The summed E-state index contributed by atoms with van der Waals surface area (Å²) in [6, 6.07) is 17.1. The molecule has 0 N–H and O–H groups in total. The largest absolute Gasteiger partial charge is 0.370 e. The average molecular weight is 390 g/mol. The van der Waals surface area contributed by atoms with Gasteiger partial charge in [0.1, 0.15) is 0 Å². The van der Waals surface area contributed by atoms with Gasteiger partial charge in [-0.25, -0.2) is 0 Å². The van der Waals surface area contributed by atoms with Gasteiger partial charge in [-0.2, -0.15) is 0 Å². The van der Waals surface area contributed by atoms with E-state index in [1.807, 2.05) is 24.3 Å². The zero-order chi connectivity index (χ0) is 17.9. The van der Waals surface area contributed by atoms with Crippen LogP contribution in [-0.4, -0.2) is 55.1 Å². The van der Waals surface area contributed by atoms with Crippen LogP contribution in [-0.2, 0) is 6.54 Å². The van der Waals surface area contributed by atoms with Gasteiger partial charge in [-0.15, -0.1) is 0 Å². The molecule has 2 heterocycles. The summed E-state index contributed by atoms with van der Waals surface area (Å²) >= 11 is 12.1. The van der Waals surface area contributed by atoms with Crippen LogP contribution in [0.2, 0.25) is 10.0 Å². The van der Waals surface area contributed by atoms with E-state index < -0.39 is 0 Å². The van der Waals surface area contributed by atoms with Gasteiger partial charge in [-0.05, 0) is 42.3 Å². The van der Waals surface area contributed by atoms with Gasteiger partial charge in [0.15, 0.2) is 0 Å². The molecule has 0 unspecified atom stereocenters. The van der Waals surface area contributed by atoms with Crippen molar-refractivity contribution in [2.24, 2.45) is 0 Å². The van der Waals surface area contributed by atoms with Crippen molar-refractivity contribution in [2.75, 3.05) is 44.2 Å². The number of hydrogen-bond donors (Lipinski definition) is 0. The molecule has 4 rings (SSSR count). The van der Waals surface area contributed by atoms with Crippen molar-refractivity contribution in [3.8, 4) is 0 Å². The Hall–Kier alpha value is -1.26. The molecule has 0 radical (unpaired) electrons. The minimum atomic E-state index is 0.659. The van der Waals surface area contributed by atoms with Crippen molar-refractivity contribution in [1.29, 1.82) is 0 Å². The van der Waals surface area contributed by atoms with Gasteiger partial charge in [-0.3, -0.25) is 9.80 Å². The lowest BCUT2D eigenvalue weighted by atomic mass is 10.1. The second kappa shape index (κ2) is 8.18. The van der Waals surface area contributed by atoms with E-state index in [4.69, 9.17) is 23.2 Å². The van der Waals surface area contributed by atoms with E-state index in [0.29, 0.717) is 6.04 Å². The van der Waals surface area contributed by atoms with Crippen molar-refractivity contribution in [1.82, 2.24) is 9.80 Å². The minimum Gasteiger partial charge on any atom is -0.370 e. The van der Waals surface area contributed by atoms with E-state index >= 15 is 0 Å². The predicted octanol–water partition coefficient (Wildman–Crippen LogP) is 4.39.